The number of nitrogens with zero attached hydrogens (tertiary/aromatic N) is 2. The van der Waals surface area contributed by atoms with Crippen LogP contribution in [0.25, 0.3) is 0 Å². The van der Waals surface area contributed by atoms with Crippen molar-refractivity contribution in [3.05, 3.63) is 53.9 Å². The highest BCUT2D eigenvalue weighted by atomic mass is 32.2. The van der Waals surface area contributed by atoms with E-state index in [0.717, 1.165) is 5.69 Å². The number of phenolic OH excluding ortho intramolecular Hbond substituents is 1. The van der Waals surface area contributed by atoms with Gasteiger partial charge >= 0.3 is 0 Å². The third-order valence-electron chi connectivity index (χ3n) is 2.88. The average molecular weight is 292 g/mol. The first-order chi connectivity index (χ1) is 9.41. The van der Waals surface area contributed by atoms with Crippen molar-refractivity contribution in [2.24, 2.45) is 0 Å². The molecule has 1 heterocycles. The molecule has 0 saturated carbocycles. The third kappa shape index (κ3) is 2.97. The molecular formula is C14H16N2O3S. The van der Waals surface area contributed by atoms with Crippen molar-refractivity contribution in [3.63, 3.8) is 0 Å². The largest absolute Gasteiger partial charge is 0.507 e. The lowest BCUT2D eigenvalue weighted by atomic mass is 10.3. The van der Waals surface area contributed by atoms with Crippen LogP contribution in [0.3, 0.4) is 0 Å². The van der Waals surface area contributed by atoms with E-state index in [9.17, 15) is 13.5 Å². The van der Waals surface area contributed by atoms with Gasteiger partial charge < -0.3 is 5.11 Å². The number of aromatic hydroxyl groups is 1. The molecule has 1 aromatic carbocycles. The second-order valence-electron chi connectivity index (χ2n) is 4.50. The zero-order valence-corrected chi connectivity index (χ0v) is 12.1. The number of para-hydroxylation sites is 1. The van der Waals surface area contributed by atoms with Gasteiger partial charge in [-0.15, -0.1) is 0 Å². The van der Waals surface area contributed by atoms with Gasteiger partial charge in [0, 0.05) is 12.7 Å². The van der Waals surface area contributed by atoms with Crippen LogP contribution in [0.5, 0.6) is 5.75 Å². The highest BCUT2D eigenvalue weighted by molar-refractivity contribution is 7.89. The Bertz CT molecular complexity index is 714. The van der Waals surface area contributed by atoms with Crippen LogP contribution in [-0.2, 0) is 16.6 Å². The number of pyridine rings is 1. The van der Waals surface area contributed by atoms with E-state index in [4.69, 9.17) is 0 Å². The van der Waals surface area contributed by atoms with Crippen LogP contribution in [0.4, 0.5) is 0 Å². The first-order valence-electron chi connectivity index (χ1n) is 6.08. The van der Waals surface area contributed by atoms with Crippen LogP contribution in [0.2, 0.25) is 0 Å². The topological polar surface area (TPSA) is 70.5 Å². The van der Waals surface area contributed by atoms with Crippen molar-refractivity contribution in [1.82, 2.24) is 9.29 Å². The van der Waals surface area contributed by atoms with Crippen LogP contribution < -0.4 is 0 Å². The van der Waals surface area contributed by atoms with Crippen LogP contribution in [-0.4, -0.2) is 29.9 Å². The molecule has 0 bridgehead atoms. The smallest absolute Gasteiger partial charge is 0.246 e. The highest BCUT2D eigenvalue weighted by Gasteiger charge is 2.24. The predicted octanol–water partition coefficient (Wildman–Crippen LogP) is 1.92. The zero-order chi connectivity index (χ0) is 14.8. The Kier molecular flexibility index (Phi) is 4.06. The van der Waals surface area contributed by atoms with E-state index in [2.05, 4.69) is 4.98 Å². The predicted molar refractivity (Wildman–Crippen MR) is 75.7 cm³/mol. The lowest BCUT2D eigenvalue weighted by Crippen LogP contribution is -2.27. The van der Waals surface area contributed by atoms with E-state index in [0.29, 0.717) is 5.69 Å². The fourth-order valence-electron chi connectivity index (χ4n) is 1.84. The van der Waals surface area contributed by atoms with E-state index < -0.39 is 10.0 Å². The summed E-state index contributed by atoms with van der Waals surface area (Å²) in [6.45, 7) is 2.00. The number of hydrogen-bond acceptors (Lipinski definition) is 4. The van der Waals surface area contributed by atoms with Gasteiger partial charge in [-0.3, -0.25) is 4.98 Å². The minimum atomic E-state index is -3.74. The van der Waals surface area contributed by atoms with Crippen molar-refractivity contribution in [2.45, 2.75) is 18.4 Å². The van der Waals surface area contributed by atoms with Gasteiger partial charge in [-0.05, 0) is 31.2 Å². The molecule has 0 aliphatic rings. The number of aryl methyl sites for hydroxylation is 1. The molecule has 5 nitrogen and oxygen atoms in total. The summed E-state index contributed by atoms with van der Waals surface area (Å²) < 4.78 is 25.9. The summed E-state index contributed by atoms with van der Waals surface area (Å²) in [5.41, 5.74) is 1.49. The van der Waals surface area contributed by atoms with Crippen molar-refractivity contribution in [1.29, 1.82) is 0 Å². The summed E-state index contributed by atoms with van der Waals surface area (Å²) in [5, 5.41) is 9.68. The van der Waals surface area contributed by atoms with E-state index in [1.807, 2.05) is 19.1 Å². The normalized spacial score (nSPS) is 11.8. The van der Waals surface area contributed by atoms with Crippen molar-refractivity contribution < 1.29 is 13.5 Å². The number of aromatic nitrogens is 1. The zero-order valence-electron chi connectivity index (χ0n) is 11.3. The summed E-state index contributed by atoms with van der Waals surface area (Å²) in [4.78, 5) is 4.17. The number of phenols is 1. The molecule has 20 heavy (non-hydrogen) atoms. The molecule has 106 valence electrons. The third-order valence-corrected chi connectivity index (χ3v) is 4.73. The van der Waals surface area contributed by atoms with Crippen LogP contribution >= 0.6 is 0 Å². The summed E-state index contributed by atoms with van der Waals surface area (Å²) in [5.74, 6) is -0.253. The summed E-state index contributed by atoms with van der Waals surface area (Å²) in [6.07, 6.45) is 0. The molecule has 0 spiro atoms. The minimum Gasteiger partial charge on any atom is -0.507 e. The summed E-state index contributed by atoms with van der Waals surface area (Å²) in [7, 11) is -2.27. The van der Waals surface area contributed by atoms with Crippen LogP contribution in [0.15, 0.2) is 47.4 Å². The molecule has 2 rings (SSSR count). The molecule has 1 aromatic heterocycles. The number of rotatable bonds is 4. The van der Waals surface area contributed by atoms with E-state index in [1.165, 1.54) is 23.5 Å². The fourth-order valence-corrected chi connectivity index (χ4v) is 3.06. The SMILES string of the molecule is Cc1cccc(CN(C)S(=O)(=O)c2ccccc2O)n1. The highest BCUT2D eigenvalue weighted by Crippen LogP contribution is 2.25. The van der Waals surface area contributed by atoms with Gasteiger partial charge in [0.15, 0.2) is 0 Å². The molecule has 0 fully saturated rings. The molecular weight excluding hydrogens is 276 g/mol. The van der Waals surface area contributed by atoms with E-state index in [1.54, 1.807) is 18.2 Å². The van der Waals surface area contributed by atoms with Crippen LogP contribution in [0, 0.1) is 6.92 Å². The minimum absolute atomic E-state index is 0.102. The first-order valence-corrected chi connectivity index (χ1v) is 7.52. The Morgan fingerprint density at radius 3 is 2.50 bits per heavy atom. The monoisotopic (exact) mass is 292 g/mol. The van der Waals surface area contributed by atoms with Crippen LogP contribution in [0.1, 0.15) is 11.4 Å². The van der Waals surface area contributed by atoms with Gasteiger partial charge in [0.2, 0.25) is 10.0 Å². The average Bonchev–Trinajstić information content (AvgIpc) is 2.39. The molecule has 1 N–H and O–H groups in total. The Balaban J connectivity index is 2.29. The lowest BCUT2D eigenvalue weighted by Gasteiger charge is -2.17. The number of sulfonamides is 1. The molecule has 0 unspecified atom stereocenters. The Morgan fingerprint density at radius 2 is 1.85 bits per heavy atom. The second kappa shape index (κ2) is 5.60. The molecule has 0 aliphatic carbocycles. The van der Waals surface area contributed by atoms with Crippen molar-refractivity contribution in [2.75, 3.05) is 7.05 Å². The van der Waals surface area contributed by atoms with Gasteiger partial charge in [0.1, 0.15) is 10.6 Å². The molecule has 0 radical (unpaired) electrons. The maximum Gasteiger partial charge on any atom is 0.246 e. The first kappa shape index (κ1) is 14.5. The quantitative estimate of drug-likeness (QED) is 0.934. The Hall–Kier alpha value is -1.92. The molecule has 0 amide bonds. The lowest BCUT2D eigenvalue weighted by molar-refractivity contribution is 0.437. The standard InChI is InChI=1S/C14H16N2O3S/c1-11-6-5-7-12(15-11)10-16(2)20(18,19)14-9-4-3-8-13(14)17/h3-9,17H,10H2,1-2H3. The van der Waals surface area contributed by atoms with Gasteiger partial charge in [-0.25, -0.2) is 8.42 Å². The number of hydrogen-bond donors (Lipinski definition) is 1. The molecule has 0 saturated heterocycles. The van der Waals surface area contributed by atoms with Gasteiger partial charge in [0.05, 0.1) is 12.2 Å². The fraction of sp³-hybridized carbons (Fsp3) is 0.214. The van der Waals surface area contributed by atoms with Gasteiger partial charge in [-0.2, -0.15) is 4.31 Å². The Labute approximate surface area is 118 Å². The Morgan fingerprint density at radius 1 is 1.15 bits per heavy atom. The van der Waals surface area contributed by atoms with Gasteiger partial charge in [0.25, 0.3) is 0 Å². The molecule has 0 atom stereocenters. The maximum atomic E-state index is 12.4. The summed E-state index contributed by atoms with van der Waals surface area (Å²) >= 11 is 0. The second-order valence-corrected chi connectivity index (χ2v) is 6.51. The van der Waals surface area contributed by atoms with E-state index in [-0.39, 0.29) is 17.2 Å². The van der Waals surface area contributed by atoms with Crippen molar-refractivity contribution in [3.8, 4) is 5.75 Å². The summed E-state index contributed by atoms with van der Waals surface area (Å²) in [6, 6.07) is 11.3. The molecule has 0 aliphatic heterocycles. The maximum absolute atomic E-state index is 12.4. The van der Waals surface area contributed by atoms with Crippen molar-refractivity contribution >= 4 is 10.0 Å². The number of benzene rings is 1. The molecule has 6 heteroatoms. The van der Waals surface area contributed by atoms with Gasteiger partial charge in [-0.1, -0.05) is 18.2 Å². The molecule has 2 aromatic rings. The van der Waals surface area contributed by atoms with E-state index >= 15 is 0 Å².